The molecule has 2 atom stereocenters. The van der Waals surface area contributed by atoms with Crippen LogP contribution in [0.15, 0.2) is 0 Å². The van der Waals surface area contributed by atoms with Crippen LogP contribution in [0.2, 0.25) is 0 Å². The van der Waals surface area contributed by atoms with Crippen LogP contribution in [0.3, 0.4) is 0 Å². The van der Waals surface area contributed by atoms with Crippen LogP contribution in [0.4, 0.5) is 0 Å². The van der Waals surface area contributed by atoms with Crippen molar-refractivity contribution in [3.05, 3.63) is 0 Å². The Morgan fingerprint density at radius 3 is 1.35 bits per heavy atom. The van der Waals surface area contributed by atoms with Gasteiger partial charge in [-0.05, 0) is 28.1 Å². The van der Waals surface area contributed by atoms with Crippen LogP contribution in [0.5, 0.6) is 0 Å². The second-order valence-corrected chi connectivity index (χ2v) is 8.30. The summed E-state index contributed by atoms with van der Waals surface area (Å²) in [5, 5.41) is 0. The van der Waals surface area contributed by atoms with E-state index in [0.29, 0.717) is 11.8 Å². The van der Waals surface area contributed by atoms with E-state index in [1.54, 1.807) is 0 Å². The van der Waals surface area contributed by atoms with Gasteiger partial charge in [0.15, 0.2) is 0 Å². The van der Waals surface area contributed by atoms with E-state index in [0.717, 1.165) is 0 Å². The van der Waals surface area contributed by atoms with Gasteiger partial charge in [0.2, 0.25) is 0 Å². The lowest BCUT2D eigenvalue weighted by atomic mass is 9.55. The number of hydrogen-bond acceptors (Lipinski definition) is 1. The summed E-state index contributed by atoms with van der Waals surface area (Å²) in [4.78, 5) is 0. The van der Waals surface area contributed by atoms with Gasteiger partial charge in [0, 0.05) is 6.04 Å². The zero-order chi connectivity index (χ0) is 14.2. The van der Waals surface area contributed by atoms with E-state index in [4.69, 9.17) is 5.73 Å². The molecule has 0 fully saturated rings. The van der Waals surface area contributed by atoms with Crippen molar-refractivity contribution in [2.24, 2.45) is 33.8 Å². The molecule has 0 heterocycles. The lowest BCUT2D eigenvalue weighted by molar-refractivity contribution is 0.00155. The van der Waals surface area contributed by atoms with Crippen LogP contribution in [0, 0.1) is 28.1 Å². The van der Waals surface area contributed by atoms with Crippen molar-refractivity contribution in [1.82, 2.24) is 0 Å². The first-order valence-electron chi connectivity index (χ1n) is 7.01. The van der Waals surface area contributed by atoms with E-state index < -0.39 is 0 Å². The Morgan fingerprint density at radius 2 is 1.12 bits per heavy atom. The fourth-order valence-electron chi connectivity index (χ4n) is 2.54. The van der Waals surface area contributed by atoms with Crippen LogP contribution in [-0.4, -0.2) is 6.04 Å². The van der Waals surface area contributed by atoms with Gasteiger partial charge in [0.25, 0.3) is 0 Å². The van der Waals surface area contributed by atoms with Gasteiger partial charge in [-0.15, -0.1) is 0 Å². The largest absolute Gasteiger partial charge is 0.327 e. The van der Waals surface area contributed by atoms with Crippen LogP contribution >= 0.6 is 0 Å². The van der Waals surface area contributed by atoms with Gasteiger partial charge in [-0.1, -0.05) is 69.2 Å². The van der Waals surface area contributed by atoms with Crippen LogP contribution in [-0.2, 0) is 0 Å². The SMILES string of the molecule is CC(C)C(C)C(C)(C)C(N)C(C)(C)C(C)(C)C. The summed E-state index contributed by atoms with van der Waals surface area (Å²) < 4.78 is 0. The molecule has 1 heteroatoms. The first-order chi connectivity index (χ1) is 7.26. The fraction of sp³-hybridized carbons (Fsp3) is 1.00. The summed E-state index contributed by atoms with van der Waals surface area (Å²) in [5.74, 6) is 1.30. The Kier molecular flexibility index (Phi) is 4.90. The maximum Gasteiger partial charge on any atom is 0.0149 e. The van der Waals surface area contributed by atoms with Crippen molar-refractivity contribution in [1.29, 1.82) is 0 Å². The van der Waals surface area contributed by atoms with Crippen molar-refractivity contribution < 1.29 is 0 Å². The Morgan fingerprint density at radius 1 is 0.765 bits per heavy atom. The van der Waals surface area contributed by atoms with E-state index in [1.807, 2.05) is 0 Å². The molecule has 17 heavy (non-hydrogen) atoms. The Bertz CT molecular complexity index is 243. The molecule has 104 valence electrons. The molecule has 0 aromatic rings. The smallest absolute Gasteiger partial charge is 0.0149 e. The lowest BCUT2D eigenvalue weighted by Crippen LogP contribution is -2.56. The van der Waals surface area contributed by atoms with Gasteiger partial charge in [0.05, 0.1) is 0 Å². The van der Waals surface area contributed by atoms with E-state index in [-0.39, 0.29) is 22.3 Å². The molecule has 0 aromatic heterocycles. The Balaban J connectivity index is 5.23. The molecule has 0 aliphatic rings. The zero-order valence-corrected chi connectivity index (χ0v) is 13.8. The van der Waals surface area contributed by atoms with Gasteiger partial charge >= 0.3 is 0 Å². The molecule has 0 rings (SSSR count). The van der Waals surface area contributed by atoms with Crippen molar-refractivity contribution in [2.75, 3.05) is 0 Å². The molecule has 0 saturated carbocycles. The quantitative estimate of drug-likeness (QED) is 0.758. The summed E-state index contributed by atoms with van der Waals surface area (Å²) in [6, 6.07) is 0.201. The van der Waals surface area contributed by atoms with E-state index in [2.05, 4.69) is 69.2 Å². The molecule has 0 aromatic carbocycles. The summed E-state index contributed by atoms with van der Waals surface area (Å²) in [6.07, 6.45) is 0. The molecular weight excluding hydrogens is 206 g/mol. The highest BCUT2D eigenvalue weighted by molar-refractivity contribution is 5.00. The van der Waals surface area contributed by atoms with Crippen LogP contribution in [0.25, 0.3) is 0 Å². The minimum absolute atomic E-state index is 0.125. The zero-order valence-electron chi connectivity index (χ0n) is 13.8. The van der Waals surface area contributed by atoms with Gasteiger partial charge < -0.3 is 5.73 Å². The number of hydrogen-bond donors (Lipinski definition) is 1. The second kappa shape index (κ2) is 4.91. The third-order valence-electron chi connectivity index (χ3n) is 5.69. The summed E-state index contributed by atoms with van der Waals surface area (Å²) in [5.41, 5.74) is 7.16. The maximum atomic E-state index is 6.65. The Labute approximate surface area is 110 Å². The third-order valence-corrected chi connectivity index (χ3v) is 5.69. The molecular formula is C16H35N. The number of rotatable bonds is 4. The monoisotopic (exact) mass is 241 g/mol. The molecule has 0 aliphatic carbocycles. The van der Waals surface area contributed by atoms with Crippen LogP contribution < -0.4 is 5.73 Å². The van der Waals surface area contributed by atoms with Crippen molar-refractivity contribution >= 4 is 0 Å². The van der Waals surface area contributed by atoms with Crippen molar-refractivity contribution in [3.8, 4) is 0 Å². The molecule has 0 radical (unpaired) electrons. The summed E-state index contributed by atoms with van der Waals surface area (Å²) in [6.45, 7) is 23.1. The normalized spacial score (nSPS) is 18.4. The average molecular weight is 241 g/mol. The predicted octanol–water partition coefficient (Wildman–Crippen LogP) is 4.70. The van der Waals surface area contributed by atoms with E-state index in [9.17, 15) is 0 Å². The number of nitrogens with two attached hydrogens (primary N) is 1. The van der Waals surface area contributed by atoms with Crippen molar-refractivity contribution in [2.45, 2.75) is 75.3 Å². The highest BCUT2D eigenvalue weighted by Gasteiger charge is 2.47. The highest BCUT2D eigenvalue weighted by atomic mass is 14.8. The minimum Gasteiger partial charge on any atom is -0.327 e. The van der Waals surface area contributed by atoms with Gasteiger partial charge in [0.1, 0.15) is 0 Å². The fourth-order valence-corrected chi connectivity index (χ4v) is 2.54. The third kappa shape index (κ3) is 3.24. The minimum atomic E-state index is 0.125. The van der Waals surface area contributed by atoms with E-state index >= 15 is 0 Å². The first-order valence-corrected chi connectivity index (χ1v) is 7.01. The standard InChI is InChI=1S/C16H35N/c1-11(2)12(3)15(7,8)13(17)16(9,10)14(4,5)6/h11-13H,17H2,1-10H3. The first kappa shape index (κ1) is 17.0. The highest BCUT2D eigenvalue weighted by Crippen LogP contribution is 2.48. The summed E-state index contributed by atoms with van der Waals surface area (Å²) in [7, 11) is 0. The molecule has 1 nitrogen and oxygen atoms in total. The van der Waals surface area contributed by atoms with Crippen molar-refractivity contribution in [3.63, 3.8) is 0 Å². The van der Waals surface area contributed by atoms with Gasteiger partial charge in [-0.2, -0.15) is 0 Å². The van der Waals surface area contributed by atoms with Crippen LogP contribution in [0.1, 0.15) is 69.2 Å². The molecule has 0 saturated heterocycles. The summed E-state index contributed by atoms with van der Waals surface area (Å²) >= 11 is 0. The van der Waals surface area contributed by atoms with E-state index in [1.165, 1.54) is 0 Å². The molecule has 2 unspecified atom stereocenters. The van der Waals surface area contributed by atoms with Gasteiger partial charge in [-0.3, -0.25) is 0 Å². The average Bonchev–Trinajstić information content (AvgIpc) is 2.13. The second-order valence-electron chi connectivity index (χ2n) is 8.30. The maximum absolute atomic E-state index is 6.65. The molecule has 0 amide bonds. The molecule has 0 aliphatic heterocycles. The predicted molar refractivity (Wildman–Crippen MR) is 79.0 cm³/mol. The van der Waals surface area contributed by atoms with Gasteiger partial charge in [-0.25, -0.2) is 0 Å². The molecule has 0 spiro atoms. The molecule has 2 N–H and O–H groups in total. The Hall–Kier alpha value is -0.0400. The topological polar surface area (TPSA) is 26.0 Å². The molecule has 0 bridgehead atoms. The lowest BCUT2D eigenvalue weighted by Gasteiger charge is -2.52.